The zero-order valence-electron chi connectivity index (χ0n) is 24.6. The monoisotopic (exact) mass is 620 g/mol. The number of hydrogen-bond donors (Lipinski definition) is 1. The first-order valence-corrected chi connectivity index (χ1v) is 15.0. The predicted molar refractivity (Wildman–Crippen MR) is 168 cm³/mol. The van der Waals surface area contributed by atoms with Crippen molar-refractivity contribution in [3.63, 3.8) is 0 Å². The standard InChI is InChI=1S/C36H29ClN2O6/c1-22(40)39-29-19-25(37)17-18-27(29)36(33(39)43)30(31(41)45-2)34(21-35(36,44)24-13-7-4-8-14-24)26-15-9-10-16-28(26)38(32(34)42)20-23-11-5-3-6-12-23/h3-19,30,44H,20-21H2,1-2H3/t30-,34-,35+,36+/m1/s1. The van der Waals surface area contributed by atoms with E-state index in [4.69, 9.17) is 16.3 Å². The zero-order valence-corrected chi connectivity index (χ0v) is 25.3. The van der Waals surface area contributed by atoms with Crippen molar-refractivity contribution in [3.8, 4) is 0 Å². The van der Waals surface area contributed by atoms with Crippen molar-refractivity contribution >= 4 is 46.7 Å². The summed E-state index contributed by atoms with van der Waals surface area (Å²) in [6, 6.07) is 29.7. The highest BCUT2D eigenvalue weighted by Gasteiger charge is 2.83. The van der Waals surface area contributed by atoms with Crippen molar-refractivity contribution in [2.24, 2.45) is 5.92 Å². The number of carbonyl (C=O) groups is 4. The Kier molecular flexibility index (Phi) is 6.51. The van der Waals surface area contributed by atoms with Crippen LogP contribution in [0.4, 0.5) is 11.4 Å². The van der Waals surface area contributed by atoms with Gasteiger partial charge in [-0.15, -0.1) is 0 Å². The Hall–Kier alpha value is -4.79. The average molecular weight is 621 g/mol. The van der Waals surface area contributed by atoms with Crippen molar-refractivity contribution in [3.05, 3.63) is 130 Å². The summed E-state index contributed by atoms with van der Waals surface area (Å²) in [5.74, 6) is -4.31. The molecule has 4 aromatic carbocycles. The third kappa shape index (κ3) is 3.63. The van der Waals surface area contributed by atoms with Gasteiger partial charge in [-0.3, -0.25) is 19.2 Å². The van der Waals surface area contributed by atoms with Crippen LogP contribution in [0.2, 0.25) is 5.02 Å². The van der Waals surface area contributed by atoms with Crippen molar-refractivity contribution in [2.75, 3.05) is 16.9 Å². The Morgan fingerprint density at radius 3 is 2.18 bits per heavy atom. The van der Waals surface area contributed by atoms with Crippen LogP contribution in [-0.4, -0.2) is 35.9 Å². The third-order valence-electron chi connectivity index (χ3n) is 9.77. The zero-order chi connectivity index (χ0) is 31.7. The first-order valence-electron chi connectivity index (χ1n) is 14.6. The second kappa shape index (κ2) is 10.1. The van der Waals surface area contributed by atoms with E-state index in [9.17, 15) is 14.7 Å². The number of imide groups is 1. The van der Waals surface area contributed by atoms with Gasteiger partial charge in [-0.1, -0.05) is 96.5 Å². The van der Waals surface area contributed by atoms with Crippen LogP contribution >= 0.6 is 11.6 Å². The van der Waals surface area contributed by atoms with E-state index in [1.807, 2.05) is 30.3 Å². The second-order valence-corrected chi connectivity index (χ2v) is 12.3. The molecule has 1 fully saturated rings. The lowest BCUT2D eigenvalue weighted by Crippen LogP contribution is -2.59. The number of ether oxygens (including phenoxy) is 1. The van der Waals surface area contributed by atoms with E-state index in [-0.39, 0.29) is 29.2 Å². The summed E-state index contributed by atoms with van der Waals surface area (Å²) < 4.78 is 5.43. The van der Waals surface area contributed by atoms with Crippen molar-refractivity contribution in [1.82, 2.24) is 0 Å². The number of benzene rings is 4. The quantitative estimate of drug-likeness (QED) is 0.321. The molecule has 45 heavy (non-hydrogen) atoms. The molecule has 1 saturated carbocycles. The molecule has 226 valence electrons. The molecule has 0 aromatic heterocycles. The van der Waals surface area contributed by atoms with Crippen LogP contribution in [0.25, 0.3) is 0 Å². The molecule has 3 aliphatic rings. The van der Waals surface area contributed by atoms with E-state index >= 15 is 9.59 Å². The smallest absolute Gasteiger partial charge is 0.311 e. The molecule has 2 heterocycles. The van der Waals surface area contributed by atoms with Gasteiger partial charge in [0, 0.05) is 24.1 Å². The number of fused-ring (bicyclic) bond motifs is 4. The van der Waals surface area contributed by atoms with E-state index in [1.165, 1.54) is 20.1 Å². The van der Waals surface area contributed by atoms with E-state index in [2.05, 4.69) is 0 Å². The Morgan fingerprint density at radius 1 is 0.867 bits per heavy atom. The van der Waals surface area contributed by atoms with Crippen molar-refractivity contribution in [2.45, 2.75) is 36.3 Å². The van der Waals surface area contributed by atoms with E-state index in [0.717, 1.165) is 10.5 Å². The Balaban J connectivity index is 1.59. The van der Waals surface area contributed by atoms with Crippen molar-refractivity contribution < 1.29 is 29.0 Å². The number of methoxy groups -OCH3 is 1. The van der Waals surface area contributed by atoms with E-state index in [0.29, 0.717) is 16.8 Å². The highest BCUT2D eigenvalue weighted by atomic mass is 35.5. The van der Waals surface area contributed by atoms with Gasteiger partial charge in [-0.05, 0) is 40.5 Å². The maximum atomic E-state index is 15.2. The van der Waals surface area contributed by atoms with Gasteiger partial charge in [0.25, 0.3) is 0 Å². The predicted octanol–water partition coefficient (Wildman–Crippen LogP) is 5.04. The molecule has 2 spiro atoms. The molecule has 9 heteroatoms. The highest BCUT2D eigenvalue weighted by Crippen LogP contribution is 2.71. The van der Waals surface area contributed by atoms with Gasteiger partial charge in [0.1, 0.15) is 11.0 Å². The summed E-state index contributed by atoms with van der Waals surface area (Å²) in [5, 5.41) is 13.5. The average Bonchev–Trinajstić information content (AvgIpc) is 3.55. The largest absolute Gasteiger partial charge is 0.469 e. The molecule has 3 amide bonds. The lowest BCUT2D eigenvalue weighted by Gasteiger charge is -2.41. The summed E-state index contributed by atoms with van der Waals surface area (Å²) in [6.07, 6.45) is -0.329. The number of para-hydroxylation sites is 1. The van der Waals surface area contributed by atoms with Crippen LogP contribution in [-0.2, 0) is 46.9 Å². The number of nitrogens with zero attached hydrogens (tertiary/aromatic N) is 2. The number of halogens is 1. The van der Waals surface area contributed by atoms with Gasteiger partial charge in [0.2, 0.25) is 17.7 Å². The molecule has 2 aliphatic heterocycles. The van der Waals surface area contributed by atoms with Crippen molar-refractivity contribution in [1.29, 1.82) is 0 Å². The highest BCUT2D eigenvalue weighted by molar-refractivity contribution is 6.32. The molecule has 7 rings (SSSR count). The van der Waals surface area contributed by atoms with Gasteiger partial charge in [0.15, 0.2) is 0 Å². The lowest BCUT2D eigenvalue weighted by molar-refractivity contribution is -0.158. The number of hydrogen-bond acceptors (Lipinski definition) is 6. The number of amides is 3. The molecular weight excluding hydrogens is 592 g/mol. The molecule has 4 aromatic rings. The number of esters is 1. The molecule has 0 radical (unpaired) electrons. The molecule has 0 saturated heterocycles. The van der Waals surface area contributed by atoms with E-state index < -0.39 is 46.0 Å². The minimum absolute atomic E-state index is 0.153. The van der Waals surface area contributed by atoms with Gasteiger partial charge >= 0.3 is 5.97 Å². The first-order chi connectivity index (χ1) is 21.6. The number of aliphatic hydroxyl groups is 1. The maximum absolute atomic E-state index is 15.2. The number of carbonyl (C=O) groups excluding carboxylic acids is 4. The fourth-order valence-corrected chi connectivity index (χ4v) is 8.30. The van der Waals surface area contributed by atoms with Gasteiger partial charge in [0.05, 0.1) is 30.7 Å². The van der Waals surface area contributed by atoms with Crippen LogP contribution < -0.4 is 9.80 Å². The molecular formula is C36H29ClN2O6. The van der Waals surface area contributed by atoms with Gasteiger partial charge in [-0.2, -0.15) is 0 Å². The maximum Gasteiger partial charge on any atom is 0.311 e. The summed E-state index contributed by atoms with van der Waals surface area (Å²) in [7, 11) is 1.20. The number of anilines is 2. The topological polar surface area (TPSA) is 104 Å². The van der Waals surface area contributed by atoms with Gasteiger partial charge < -0.3 is 14.7 Å². The first kappa shape index (κ1) is 29.0. The molecule has 1 aliphatic carbocycles. The van der Waals surface area contributed by atoms with Crippen LogP contribution in [0.3, 0.4) is 0 Å². The Labute approximate surface area is 264 Å². The fourth-order valence-electron chi connectivity index (χ4n) is 8.13. The van der Waals surface area contributed by atoms with Crippen LogP contribution in [0.1, 0.15) is 35.6 Å². The number of rotatable bonds is 4. The van der Waals surface area contributed by atoms with Crippen LogP contribution in [0.5, 0.6) is 0 Å². The summed E-state index contributed by atoms with van der Waals surface area (Å²) in [5.41, 5.74) is -3.42. The molecule has 4 atom stereocenters. The molecule has 1 N–H and O–H groups in total. The minimum Gasteiger partial charge on any atom is -0.469 e. The minimum atomic E-state index is -2.15. The fraction of sp³-hybridized carbons (Fsp3) is 0.222. The SMILES string of the molecule is COC(=O)[C@H]1[C@@]2(C(=O)N(C(C)=O)c3cc(Cl)ccc32)[C@@](O)(c2ccccc2)C[C@]12C(=O)N(Cc1ccccc1)c1ccccc12. The Morgan fingerprint density at radius 2 is 1.51 bits per heavy atom. The summed E-state index contributed by atoms with van der Waals surface area (Å²) in [4.78, 5) is 60.4. The van der Waals surface area contributed by atoms with Gasteiger partial charge in [-0.25, -0.2) is 4.90 Å². The molecule has 0 bridgehead atoms. The van der Waals surface area contributed by atoms with E-state index in [1.54, 1.807) is 71.6 Å². The van der Waals surface area contributed by atoms with Crippen LogP contribution in [0.15, 0.2) is 103 Å². The molecule has 0 unspecified atom stereocenters. The molecule has 8 nitrogen and oxygen atoms in total. The second-order valence-electron chi connectivity index (χ2n) is 11.9. The Bertz CT molecular complexity index is 1900. The normalized spacial score (nSPS) is 26.4. The third-order valence-corrected chi connectivity index (χ3v) is 10.0. The lowest BCUT2D eigenvalue weighted by atomic mass is 9.60. The summed E-state index contributed by atoms with van der Waals surface area (Å²) in [6.45, 7) is 1.43. The summed E-state index contributed by atoms with van der Waals surface area (Å²) >= 11 is 6.39. The van der Waals surface area contributed by atoms with Crippen LogP contribution in [0, 0.1) is 5.92 Å².